The minimum Gasteiger partial charge on any atom is -0.357 e. The Morgan fingerprint density at radius 3 is 2.33 bits per heavy atom. The van der Waals surface area contributed by atoms with Crippen LogP contribution >= 0.6 is 0 Å². The molecule has 2 amide bonds. The largest absolute Gasteiger partial charge is 0.357 e. The number of hydrogen-bond acceptors (Lipinski definition) is 4. The van der Waals surface area contributed by atoms with Gasteiger partial charge in [0.05, 0.1) is 5.69 Å². The summed E-state index contributed by atoms with van der Waals surface area (Å²) in [5.41, 5.74) is 1.10. The fraction of sp³-hybridized carbons (Fsp3) is 0.783. The fourth-order valence-corrected chi connectivity index (χ4v) is 4.80. The molecular weight excluding hydrogens is 378 g/mol. The van der Waals surface area contributed by atoms with Gasteiger partial charge in [0.15, 0.2) is 5.69 Å². The van der Waals surface area contributed by atoms with E-state index in [-0.39, 0.29) is 11.8 Å². The van der Waals surface area contributed by atoms with E-state index in [0.29, 0.717) is 18.2 Å². The first kappa shape index (κ1) is 22.8. The number of fused-ring (bicyclic) bond motifs is 1. The number of carbonyl (C=O) groups excluding carboxylic acids is 2. The molecule has 1 fully saturated rings. The van der Waals surface area contributed by atoms with Crippen molar-refractivity contribution < 1.29 is 9.59 Å². The number of nitrogens with one attached hydrogen (secondary N) is 2. The van der Waals surface area contributed by atoms with Crippen molar-refractivity contribution in [3.05, 3.63) is 17.2 Å². The van der Waals surface area contributed by atoms with Crippen molar-refractivity contribution in [2.24, 2.45) is 5.41 Å². The van der Waals surface area contributed by atoms with E-state index < -0.39 is 11.5 Å². The molecule has 0 saturated heterocycles. The third-order valence-corrected chi connectivity index (χ3v) is 6.53. The van der Waals surface area contributed by atoms with Gasteiger partial charge in [-0.2, -0.15) is 0 Å². The van der Waals surface area contributed by atoms with Crippen molar-refractivity contribution in [3.8, 4) is 0 Å². The van der Waals surface area contributed by atoms with Crippen LogP contribution in [0.15, 0.2) is 0 Å². The van der Waals surface area contributed by atoms with Crippen molar-refractivity contribution in [2.45, 2.75) is 90.8 Å². The summed E-state index contributed by atoms with van der Waals surface area (Å²) in [7, 11) is 3.70. The summed E-state index contributed by atoms with van der Waals surface area (Å²) in [6.45, 7) is 8.52. The summed E-state index contributed by atoms with van der Waals surface area (Å²) in [5, 5.41) is 5.68. The molecule has 1 aromatic rings. The summed E-state index contributed by atoms with van der Waals surface area (Å²) in [4.78, 5) is 33.0. The van der Waals surface area contributed by atoms with Crippen molar-refractivity contribution in [1.29, 1.82) is 0 Å². The molecule has 0 unspecified atom stereocenters. The number of amides is 2. The minimum absolute atomic E-state index is 0.178. The molecular formula is C23H39N5O2. The number of rotatable bonds is 4. The van der Waals surface area contributed by atoms with E-state index in [4.69, 9.17) is 4.98 Å². The Kier molecular flexibility index (Phi) is 7.22. The lowest BCUT2D eigenvalue weighted by atomic mass is 9.86. The first-order chi connectivity index (χ1) is 14.2. The molecule has 0 bridgehead atoms. The number of likely N-dealkylation sites (N-methyl/N-ethyl adjacent to an activating group) is 1. The highest BCUT2D eigenvalue weighted by Gasteiger charge is 2.35. The number of hydrogen-bond donors (Lipinski definition) is 2. The lowest BCUT2D eigenvalue weighted by molar-refractivity contribution is -0.124. The predicted molar refractivity (Wildman–Crippen MR) is 118 cm³/mol. The van der Waals surface area contributed by atoms with Crippen LogP contribution in [0.25, 0.3) is 0 Å². The molecule has 1 aliphatic heterocycles. The normalized spacial score (nSPS) is 20.0. The van der Waals surface area contributed by atoms with Crippen molar-refractivity contribution in [3.63, 3.8) is 0 Å². The Morgan fingerprint density at radius 2 is 1.73 bits per heavy atom. The smallest absolute Gasteiger partial charge is 0.272 e. The second-order valence-corrected chi connectivity index (χ2v) is 10.1. The molecule has 1 atom stereocenters. The van der Waals surface area contributed by atoms with E-state index in [1.54, 1.807) is 7.05 Å². The summed E-state index contributed by atoms with van der Waals surface area (Å²) >= 11 is 0. The van der Waals surface area contributed by atoms with Crippen LogP contribution < -0.4 is 10.6 Å². The number of aromatic nitrogens is 2. The molecule has 0 radical (unpaired) electrons. The topological polar surface area (TPSA) is 79.3 Å². The Bertz CT molecular complexity index is 756. The highest BCUT2D eigenvalue weighted by molar-refractivity contribution is 5.97. The van der Waals surface area contributed by atoms with Gasteiger partial charge in [-0.25, -0.2) is 4.98 Å². The van der Waals surface area contributed by atoms with Crippen LogP contribution in [0.4, 0.5) is 0 Å². The van der Waals surface area contributed by atoms with Gasteiger partial charge in [-0.3, -0.25) is 9.59 Å². The average Bonchev–Trinajstić information content (AvgIpc) is 2.88. The molecule has 7 heteroatoms. The molecule has 1 aliphatic carbocycles. The summed E-state index contributed by atoms with van der Waals surface area (Å²) in [6.07, 6.45) is 8.41. The molecule has 3 rings (SSSR count). The second kappa shape index (κ2) is 9.50. The summed E-state index contributed by atoms with van der Waals surface area (Å²) < 4.78 is 2.32. The molecule has 0 aromatic carbocycles. The number of carbonyl (C=O) groups is 2. The van der Waals surface area contributed by atoms with Gasteiger partial charge in [-0.05, 0) is 38.3 Å². The highest BCUT2D eigenvalue weighted by Crippen LogP contribution is 2.33. The molecule has 168 valence electrons. The van der Waals surface area contributed by atoms with Crippen LogP contribution in [0.3, 0.4) is 0 Å². The molecule has 7 nitrogen and oxygen atoms in total. The standard InChI is InChI=1S/C23H39N5O2/c1-23(2,3)19(22(30)24-4)26-21(29)18-17-15-27(5)13-10-14-28(17)20(25-18)16-11-8-6-7-9-12-16/h16,19H,6-15H2,1-5H3,(H,24,30)(H,26,29)/t19-/m1/s1. The van der Waals surface area contributed by atoms with Gasteiger partial charge in [0, 0.05) is 26.1 Å². The molecule has 1 saturated carbocycles. The molecule has 30 heavy (non-hydrogen) atoms. The van der Waals surface area contributed by atoms with Gasteiger partial charge in [-0.15, -0.1) is 0 Å². The quantitative estimate of drug-likeness (QED) is 0.738. The molecule has 2 heterocycles. The second-order valence-electron chi connectivity index (χ2n) is 10.1. The number of nitrogens with zero attached hydrogens (tertiary/aromatic N) is 3. The molecule has 2 N–H and O–H groups in total. The molecule has 1 aromatic heterocycles. The Hall–Kier alpha value is -1.89. The zero-order valence-electron chi connectivity index (χ0n) is 19.4. The van der Waals surface area contributed by atoms with Crippen LogP contribution in [0, 0.1) is 5.41 Å². The lowest BCUT2D eigenvalue weighted by Crippen LogP contribution is -2.53. The van der Waals surface area contributed by atoms with Crippen LogP contribution in [0.5, 0.6) is 0 Å². The number of imidazole rings is 1. The monoisotopic (exact) mass is 417 g/mol. The van der Waals surface area contributed by atoms with Gasteiger partial charge in [-0.1, -0.05) is 46.5 Å². The average molecular weight is 418 g/mol. The van der Waals surface area contributed by atoms with E-state index in [0.717, 1.165) is 43.9 Å². The van der Waals surface area contributed by atoms with E-state index >= 15 is 0 Å². The van der Waals surface area contributed by atoms with Gasteiger partial charge in [0.25, 0.3) is 5.91 Å². The molecule has 0 spiro atoms. The first-order valence-corrected chi connectivity index (χ1v) is 11.5. The maximum atomic E-state index is 13.4. The van der Waals surface area contributed by atoms with Gasteiger partial charge in [0.2, 0.25) is 5.91 Å². The third kappa shape index (κ3) is 5.05. The van der Waals surface area contributed by atoms with E-state index in [9.17, 15) is 9.59 Å². The molecule has 2 aliphatic rings. The zero-order valence-corrected chi connectivity index (χ0v) is 19.4. The van der Waals surface area contributed by atoms with E-state index in [2.05, 4.69) is 27.1 Å². The minimum atomic E-state index is -0.614. The van der Waals surface area contributed by atoms with E-state index in [1.165, 1.54) is 25.7 Å². The Balaban J connectivity index is 1.96. The van der Waals surface area contributed by atoms with Crippen LogP contribution in [0.2, 0.25) is 0 Å². The van der Waals surface area contributed by atoms with E-state index in [1.807, 2.05) is 20.8 Å². The summed E-state index contributed by atoms with van der Waals surface area (Å²) in [6, 6.07) is -0.614. The van der Waals surface area contributed by atoms with Crippen molar-refractivity contribution in [1.82, 2.24) is 25.1 Å². The van der Waals surface area contributed by atoms with Crippen LogP contribution in [-0.2, 0) is 17.9 Å². The maximum absolute atomic E-state index is 13.4. The fourth-order valence-electron chi connectivity index (χ4n) is 4.80. The van der Waals surface area contributed by atoms with Crippen molar-refractivity contribution >= 4 is 11.8 Å². The van der Waals surface area contributed by atoms with Crippen molar-refractivity contribution in [2.75, 3.05) is 20.6 Å². The zero-order chi connectivity index (χ0) is 21.9. The van der Waals surface area contributed by atoms with Gasteiger partial charge in [0.1, 0.15) is 11.9 Å². The maximum Gasteiger partial charge on any atom is 0.272 e. The highest BCUT2D eigenvalue weighted by atomic mass is 16.2. The summed E-state index contributed by atoms with van der Waals surface area (Å²) in [5.74, 6) is 1.09. The Labute approximate surface area is 181 Å². The van der Waals surface area contributed by atoms with Gasteiger partial charge >= 0.3 is 0 Å². The SMILES string of the molecule is CNC(=O)[C@@H](NC(=O)c1nc(C2CCCCCC2)n2c1CN(C)CCC2)C(C)(C)C. The van der Waals surface area contributed by atoms with Gasteiger partial charge < -0.3 is 20.1 Å². The van der Waals surface area contributed by atoms with Crippen LogP contribution in [0.1, 0.15) is 93.6 Å². The predicted octanol–water partition coefficient (Wildman–Crippen LogP) is 3.05. The first-order valence-electron chi connectivity index (χ1n) is 11.5. The Morgan fingerprint density at radius 1 is 1.07 bits per heavy atom. The third-order valence-electron chi connectivity index (χ3n) is 6.53. The van der Waals surface area contributed by atoms with Crippen LogP contribution in [-0.4, -0.2) is 52.9 Å². The lowest BCUT2D eigenvalue weighted by Gasteiger charge is -2.29.